The molecule has 4 rings (SSSR count). The van der Waals surface area contributed by atoms with Crippen molar-refractivity contribution >= 4 is 17.5 Å². The van der Waals surface area contributed by atoms with Crippen LogP contribution in [0.2, 0.25) is 5.02 Å². The zero-order chi connectivity index (χ0) is 16.7. The van der Waals surface area contributed by atoms with E-state index in [1.54, 1.807) is 6.20 Å². The van der Waals surface area contributed by atoms with Crippen molar-refractivity contribution in [2.75, 3.05) is 6.54 Å². The van der Waals surface area contributed by atoms with Crippen LogP contribution in [0.1, 0.15) is 21.6 Å². The van der Waals surface area contributed by atoms with E-state index in [9.17, 15) is 4.79 Å². The Hall–Kier alpha value is -2.59. The summed E-state index contributed by atoms with van der Waals surface area (Å²) in [7, 11) is 0. The maximum Gasteiger partial charge on any atom is 0.253 e. The molecule has 0 fully saturated rings. The zero-order valence-corrected chi connectivity index (χ0v) is 13.9. The van der Waals surface area contributed by atoms with E-state index in [2.05, 4.69) is 15.3 Å². The Labute approximate surface area is 144 Å². The number of aromatic nitrogens is 2. The second kappa shape index (κ2) is 5.80. The number of halogens is 1. The number of aryl methyl sites for hydroxylation is 1. The van der Waals surface area contributed by atoms with Crippen molar-refractivity contribution in [2.45, 2.75) is 13.3 Å². The number of benzene rings is 1. The molecule has 1 aromatic carbocycles. The Morgan fingerprint density at radius 3 is 2.79 bits per heavy atom. The van der Waals surface area contributed by atoms with Crippen LogP contribution in [0.3, 0.4) is 0 Å². The fourth-order valence-corrected chi connectivity index (χ4v) is 3.13. The summed E-state index contributed by atoms with van der Waals surface area (Å²) < 4.78 is 0. The molecular formula is C19H16ClN3O. The first kappa shape index (κ1) is 15.0. The van der Waals surface area contributed by atoms with Crippen LogP contribution in [0.4, 0.5) is 0 Å². The van der Waals surface area contributed by atoms with Crippen LogP contribution in [-0.2, 0) is 6.42 Å². The van der Waals surface area contributed by atoms with Crippen molar-refractivity contribution in [3.8, 4) is 22.5 Å². The minimum Gasteiger partial charge on any atom is -0.358 e. The van der Waals surface area contributed by atoms with Crippen LogP contribution >= 0.6 is 11.6 Å². The van der Waals surface area contributed by atoms with Crippen LogP contribution in [0.25, 0.3) is 22.5 Å². The molecule has 0 unspecified atom stereocenters. The monoisotopic (exact) mass is 337 g/mol. The maximum absolute atomic E-state index is 11.9. The summed E-state index contributed by atoms with van der Waals surface area (Å²) in [6.07, 6.45) is 2.61. The van der Waals surface area contributed by atoms with E-state index in [-0.39, 0.29) is 5.91 Å². The van der Waals surface area contributed by atoms with E-state index in [1.165, 1.54) is 0 Å². The van der Waals surface area contributed by atoms with Gasteiger partial charge in [-0.05, 0) is 42.8 Å². The van der Waals surface area contributed by atoms with Gasteiger partial charge in [0.05, 0.1) is 11.3 Å². The van der Waals surface area contributed by atoms with E-state index in [1.807, 2.05) is 43.3 Å². The Morgan fingerprint density at radius 2 is 2.00 bits per heavy atom. The number of carbonyl (C=O) groups excluding carboxylic acids is 1. The molecule has 0 spiro atoms. The van der Waals surface area contributed by atoms with Gasteiger partial charge in [-0.2, -0.15) is 0 Å². The fraction of sp³-hybridized carbons (Fsp3) is 0.158. The van der Waals surface area contributed by atoms with Gasteiger partial charge in [0.2, 0.25) is 0 Å². The summed E-state index contributed by atoms with van der Waals surface area (Å²) in [5.41, 5.74) is 6.60. The Bertz CT molecular complexity index is 946. The molecule has 1 aliphatic rings. The van der Waals surface area contributed by atoms with Gasteiger partial charge in [-0.3, -0.25) is 9.78 Å². The van der Waals surface area contributed by atoms with Crippen LogP contribution in [0, 0.1) is 6.92 Å². The van der Waals surface area contributed by atoms with E-state index >= 15 is 0 Å². The van der Waals surface area contributed by atoms with Gasteiger partial charge in [0, 0.05) is 46.7 Å². The van der Waals surface area contributed by atoms with Gasteiger partial charge in [0.1, 0.15) is 0 Å². The highest BCUT2D eigenvalue weighted by atomic mass is 35.5. The number of carbonyl (C=O) groups is 1. The number of pyridine rings is 1. The third-order valence-electron chi connectivity index (χ3n) is 4.33. The molecule has 3 aromatic rings. The van der Waals surface area contributed by atoms with Gasteiger partial charge in [-0.25, -0.2) is 0 Å². The van der Waals surface area contributed by atoms with E-state index < -0.39 is 0 Å². The average Bonchev–Trinajstić information content (AvgIpc) is 3.03. The van der Waals surface area contributed by atoms with E-state index in [0.717, 1.165) is 50.8 Å². The number of hydrogen-bond donors (Lipinski definition) is 2. The molecule has 0 bridgehead atoms. The molecule has 24 heavy (non-hydrogen) atoms. The summed E-state index contributed by atoms with van der Waals surface area (Å²) in [5, 5.41) is 3.62. The van der Waals surface area contributed by atoms with Crippen LogP contribution in [0.5, 0.6) is 0 Å². The Morgan fingerprint density at radius 1 is 1.12 bits per heavy atom. The second-order valence-corrected chi connectivity index (χ2v) is 6.38. The summed E-state index contributed by atoms with van der Waals surface area (Å²) >= 11 is 6.10. The summed E-state index contributed by atoms with van der Waals surface area (Å²) in [5.74, 6) is -0.0126. The lowest BCUT2D eigenvalue weighted by molar-refractivity contribution is 0.0946. The molecular weight excluding hydrogens is 322 g/mol. The molecule has 1 amide bonds. The largest absolute Gasteiger partial charge is 0.358 e. The minimum atomic E-state index is -0.0126. The molecule has 3 heterocycles. The molecule has 4 nitrogen and oxygen atoms in total. The molecule has 0 saturated heterocycles. The molecule has 2 aromatic heterocycles. The number of rotatable bonds is 2. The summed E-state index contributed by atoms with van der Waals surface area (Å²) in [6, 6.07) is 11.8. The van der Waals surface area contributed by atoms with Crippen molar-refractivity contribution in [1.82, 2.24) is 15.3 Å². The van der Waals surface area contributed by atoms with Crippen molar-refractivity contribution in [1.29, 1.82) is 0 Å². The van der Waals surface area contributed by atoms with E-state index in [0.29, 0.717) is 6.54 Å². The molecule has 0 radical (unpaired) electrons. The van der Waals surface area contributed by atoms with Gasteiger partial charge >= 0.3 is 0 Å². The van der Waals surface area contributed by atoms with Crippen LogP contribution in [0.15, 0.2) is 42.6 Å². The summed E-state index contributed by atoms with van der Waals surface area (Å²) in [6.45, 7) is 2.66. The number of aromatic amines is 1. The van der Waals surface area contributed by atoms with Crippen molar-refractivity contribution in [2.24, 2.45) is 0 Å². The molecule has 2 N–H and O–H groups in total. The third-order valence-corrected chi connectivity index (χ3v) is 4.75. The standard InChI is InChI=1S/C19H16ClN3O/c1-11-8-12(2-3-15(11)20)17-9-13(4-6-21-17)18-10-14-16(23-18)5-7-22-19(14)24/h2-4,6,8-10,23H,5,7H2,1H3,(H,22,24). The van der Waals surface area contributed by atoms with Gasteiger partial charge < -0.3 is 10.3 Å². The smallest absolute Gasteiger partial charge is 0.253 e. The SMILES string of the molecule is Cc1cc(-c2cc(-c3cc4c([nH]3)CCNC4=O)ccn2)ccc1Cl. The molecule has 0 aliphatic carbocycles. The van der Waals surface area contributed by atoms with E-state index in [4.69, 9.17) is 11.6 Å². The first-order valence-corrected chi connectivity index (χ1v) is 8.22. The highest BCUT2D eigenvalue weighted by Crippen LogP contribution is 2.28. The first-order chi connectivity index (χ1) is 11.6. The van der Waals surface area contributed by atoms with Gasteiger partial charge in [-0.15, -0.1) is 0 Å². The summed E-state index contributed by atoms with van der Waals surface area (Å²) in [4.78, 5) is 19.8. The van der Waals surface area contributed by atoms with Gasteiger partial charge in [-0.1, -0.05) is 17.7 Å². The molecule has 120 valence electrons. The number of fused-ring (bicyclic) bond motifs is 1. The average molecular weight is 338 g/mol. The molecule has 0 atom stereocenters. The predicted octanol–water partition coefficient (Wildman–Crippen LogP) is 3.99. The lowest BCUT2D eigenvalue weighted by Gasteiger charge is -2.11. The number of nitrogens with zero attached hydrogens (tertiary/aromatic N) is 1. The van der Waals surface area contributed by atoms with Crippen molar-refractivity contribution in [3.05, 3.63) is 64.4 Å². The normalized spacial score (nSPS) is 13.5. The highest BCUT2D eigenvalue weighted by Gasteiger charge is 2.20. The molecule has 0 saturated carbocycles. The van der Waals surface area contributed by atoms with Gasteiger partial charge in [0.25, 0.3) is 5.91 Å². The fourth-order valence-electron chi connectivity index (χ4n) is 3.01. The highest BCUT2D eigenvalue weighted by molar-refractivity contribution is 6.31. The van der Waals surface area contributed by atoms with Crippen molar-refractivity contribution < 1.29 is 4.79 Å². The predicted molar refractivity (Wildman–Crippen MR) is 95.2 cm³/mol. The van der Waals surface area contributed by atoms with Crippen molar-refractivity contribution in [3.63, 3.8) is 0 Å². The molecule has 5 heteroatoms. The quantitative estimate of drug-likeness (QED) is 0.742. The van der Waals surface area contributed by atoms with Crippen LogP contribution < -0.4 is 5.32 Å². The second-order valence-electron chi connectivity index (χ2n) is 5.97. The lowest BCUT2D eigenvalue weighted by atomic mass is 10.0. The number of amides is 1. The van der Waals surface area contributed by atoms with Crippen LogP contribution in [-0.4, -0.2) is 22.4 Å². The topological polar surface area (TPSA) is 57.8 Å². The number of nitrogens with one attached hydrogen (secondary N) is 2. The Kier molecular flexibility index (Phi) is 3.62. The number of H-pyrrole nitrogens is 1. The Balaban J connectivity index is 1.75. The maximum atomic E-state index is 11.9. The first-order valence-electron chi connectivity index (χ1n) is 7.85. The number of hydrogen-bond acceptors (Lipinski definition) is 2. The third kappa shape index (κ3) is 2.59. The lowest BCUT2D eigenvalue weighted by Crippen LogP contribution is -2.31. The minimum absolute atomic E-state index is 0.0126. The zero-order valence-electron chi connectivity index (χ0n) is 13.2. The van der Waals surface area contributed by atoms with Gasteiger partial charge in [0.15, 0.2) is 0 Å². The molecule has 1 aliphatic heterocycles.